The number of hydrogen-bond acceptors (Lipinski definition) is 6. The highest BCUT2D eigenvalue weighted by atomic mass is 16.5. The summed E-state index contributed by atoms with van der Waals surface area (Å²) in [5.74, 6) is 0.196. The Morgan fingerprint density at radius 1 is 0.543 bits per heavy atom. The summed E-state index contributed by atoms with van der Waals surface area (Å²) >= 11 is 0. The lowest BCUT2D eigenvalue weighted by atomic mass is 9.93. The van der Waals surface area contributed by atoms with Crippen LogP contribution >= 0.6 is 0 Å². The van der Waals surface area contributed by atoms with Crippen LogP contribution in [0.4, 0.5) is 0 Å². The summed E-state index contributed by atoms with van der Waals surface area (Å²) in [6.07, 6.45) is 13.0. The third-order valence-electron chi connectivity index (χ3n) is 9.64. The molecule has 0 bridgehead atoms. The van der Waals surface area contributed by atoms with Crippen LogP contribution in [0.3, 0.4) is 0 Å². The van der Waals surface area contributed by atoms with E-state index in [1.165, 1.54) is 44.8 Å². The monoisotopic (exact) mass is 615 g/mol. The standard InChI is InChI=1S/C40H45N3O3/c1-41-28-36(26-34-14-12-32(24-30-8-4-2-5-9-30)38(34)42-16-20-45-21-17-42)40(44)37(29-41)27-35-15-13-33(25-31-10-6-3-7-11-31)39(35)43-18-22-46-23-19-43/h2-11,24-27H,12-23,28-29H2,1H3/b32-24-,33-25-,36-26-,37-27+. The maximum Gasteiger partial charge on any atom is 0.187 e. The molecule has 5 aliphatic rings. The average Bonchev–Trinajstić information content (AvgIpc) is 3.68. The number of nitrogens with zero attached hydrogens (tertiary/aromatic N) is 3. The fourth-order valence-corrected chi connectivity index (χ4v) is 7.50. The van der Waals surface area contributed by atoms with Gasteiger partial charge < -0.3 is 19.3 Å². The van der Waals surface area contributed by atoms with Crippen LogP contribution < -0.4 is 0 Å². The third kappa shape index (κ3) is 6.90. The number of carbonyl (C=O) groups excluding carboxylic acids is 1. The van der Waals surface area contributed by atoms with Gasteiger partial charge in [-0.1, -0.05) is 60.7 Å². The number of piperidine rings is 1. The van der Waals surface area contributed by atoms with Crippen molar-refractivity contribution < 1.29 is 14.3 Å². The Bertz CT molecular complexity index is 1500. The molecule has 6 nitrogen and oxygen atoms in total. The molecule has 0 radical (unpaired) electrons. The Kier molecular flexibility index (Phi) is 9.47. The van der Waals surface area contributed by atoms with Crippen molar-refractivity contribution >= 4 is 17.9 Å². The molecule has 6 heteroatoms. The zero-order valence-corrected chi connectivity index (χ0v) is 27.0. The van der Waals surface area contributed by atoms with Gasteiger partial charge in [-0.05, 0) is 90.5 Å². The van der Waals surface area contributed by atoms with Gasteiger partial charge in [0.15, 0.2) is 5.78 Å². The zero-order chi connectivity index (χ0) is 31.3. The number of benzene rings is 2. The van der Waals surface area contributed by atoms with E-state index in [-0.39, 0.29) is 5.78 Å². The van der Waals surface area contributed by atoms with Crippen LogP contribution in [-0.2, 0) is 14.3 Å². The van der Waals surface area contributed by atoms with Crippen LogP contribution in [0.2, 0.25) is 0 Å². The van der Waals surface area contributed by atoms with Crippen LogP contribution in [-0.4, -0.2) is 93.2 Å². The first kappa shape index (κ1) is 30.7. The van der Waals surface area contributed by atoms with Gasteiger partial charge in [0.25, 0.3) is 0 Å². The molecule has 3 saturated heterocycles. The molecule has 0 saturated carbocycles. The molecular formula is C40H45N3O3. The first-order chi connectivity index (χ1) is 22.6. The highest BCUT2D eigenvalue weighted by Crippen LogP contribution is 2.39. The Morgan fingerprint density at radius 2 is 0.957 bits per heavy atom. The van der Waals surface area contributed by atoms with Crippen LogP contribution in [0.1, 0.15) is 36.8 Å². The molecule has 3 fully saturated rings. The molecule has 2 aliphatic carbocycles. The van der Waals surface area contributed by atoms with E-state index >= 15 is 0 Å². The number of rotatable bonds is 6. The number of ketones is 1. The molecule has 0 aromatic heterocycles. The fourth-order valence-electron chi connectivity index (χ4n) is 7.50. The van der Waals surface area contributed by atoms with Crippen molar-refractivity contribution in [3.63, 3.8) is 0 Å². The van der Waals surface area contributed by atoms with Crippen molar-refractivity contribution in [1.29, 1.82) is 0 Å². The van der Waals surface area contributed by atoms with E-state index in [1.807, 2.05) is 0 Å². The van der Waals surface area contributed by atoms with Gasteiger partial charge in [-0.15, -0.1) is 0 Å². The first-order valence-electron chi connectivity index (χ1n) is 16.9. The number of likely N-dealkylation sites (tertiary alicyclic amines) is 1. The SMILES string of the molecule is CN1C/C(=C/C2=C(N3CCOCC3)C(=C\c3ccccc3)/CC2)C(=O)/C(=C/C2=C(N3CCOCC3)C(=C\c3ccccc3)/CC2)C1. The van der Waals surface area contributed by atoms with Gasteiger partial charge >= 0.3 is 0 Å². The van der Waals surface area contributed by atoms with Gasteiger partial charge in [0, 0.05) is 61.8 Å². The molecule has 0 unspecified atom stereocenters. The minimum Gasteiger partial charge on any atom is -0.378 e. The molecular weight excluding hydrogens is 570 g/mol. The lowest BCUT2D eigenvalue weighted by Gasteiger charge is -2.32. The minimum atomic E-state index is 0.196. The molecule has 0 spiro atoms. The van der Waals surface area contributed by atoms with Crippen molar-refractivity contribution in [1.82, 2.24) is 14.7 Å². The number of Topliss-reactive ketones (excluding diaryl/α,β-unsaturated/α-hetero) is 1. The van der Waals surface area contributed by atoms with E-state index in [0.29, 0.717) is 13.1 Å². The molecule has 7 rings (SSSR count). The molecule has 0 amide bonds. The van der Waals surface area contributed by atoms with Gasteiger partial charge in [-0.25, -0.2) is 0 Å². The van der Waals surface area contributed by atoms with Crippen molar-refractivity contribution in [3.8, 4) is 0 Å². The second-order valence-electron chi connectivity index (χ2n) is 12.9. The summed E-state index contributed by atoms with van der Waals surface area (Å²) in [7, 11) is 2.13. The number of ether oxygens (including phenoxy) is 2. The Balaban J connectivity index is 1.24. The number of hydrogen-bond donors (Lipinski definition) is 0. The van der Waals surface area contributed by atoms with Crippen LogP contribution in [0.15, 0.2) is 118 Å². The number of likely N-dealkylation sites (N-methyl/N-ethyl adjacent to an activating group) is 1. The summed E-state index contributed by atoms with van der Waals surface area (Å²) < 4.78 is 11.4. The van der Waals surface area contributed by atoms with Gasteiger partial charge in [-0.2, -0.15) is 0 Å². The van der Waals surface area contributed by atoms with E-state index in [4.69, 9.17) is 9.47 Å². The number of allylic oxidation sites excluding steroid dienone is 6. The normalized spacial score (nSPS) is 25.3. The van der Waals surface area contributed by atoms with E-state index in [1.54, 1.807) is 0 Å². The van der Waals surface area contributed by atoms with Crippen molar-refractivity contribution in [2.45, 2.75) is 25.7 Å². The largest absolute Gasteiger partial charge is 0.378 e. The van der Waals surface area contributed by atoms with E-state index in [0.717, 1.165) is 89.4 Å². The first-order valence-corrected chi connectivity index (χ1v) is 16.9. The highest BCUT2D eigenvalue weighted by Gasteiger charge is 2.31. The number of carbonyl (C=O) groups is 1. The van der Waals surface area contributed by atoms with Crippen molar-refractivity contribution in [3.05, 3.63) is 129 Å². The highest BCUT2D eigenvalue weighted by molar-refractivity contribution is 6.10. The summed E-state index contributed by atoms with van der Waals surface area (Å²) in [5.41, 5.74) is 12.1. The molecule has 3 aliphatic heterocycles. The second kappa shape index (κ2) is 14.2. The molecule has 0 N–H and O–H groups in total. The third-order valence-corrected chi connectivity index (χ3v) is 9.64. The maximum absolute atomic E-state index is 14.3. The fraction of sp³-hybridized carbons (Fsp3) is 0.375. The van der Waals surface area contributed by atoms with E-state index in [2.05, 4.69) is 107 Å². The molecule has 46 heavy (non-hydrogen) atoms. The summed E-state index contributed by atoms with van der Waals surface area (Å²) in [6, 6.07) is 21.2. The second-order valence-corrected chi connectivity index (χ2v) is 12.9. The van der Waals surface area contributed by atoms with Crippen LogP contribution in [0, 0.1) is 0 Å². The van der Waals surface area contributed by atoms with Gasteiger partial charge in [0.2, 0.25) is 0 Å². The number of morpholine rings is 2. The Labute approximate surface area is 273 Å². The van der Waals surface area contributed by atoms with E-state index in [9.17, 15) is 4.79 Å². The Hall–Kier alpha value is -3.97. The maximum atomic E-state index is 14.3. The average molecular weight is 616 g/mol. The zero-order valence-electron chi connectivity index (χ0n) is 27.0. The molecule has 3 heterocycles. The van der Waals surface area contributed by atoms with Crippen molar-refractivity contribution in [2.75, 3.05) is 72.7 Å². The molecule has 2 aromatic rings. The topological polar surface area (TPSA) is 45.2 Å². The lowest BCUT2D eigenvalue weighted by Crippen LogP contribution is -2.37. The minimum absolute atomic E-state index is 0.196. The van der Waals surface area contributed by atoms with Crippen LogP contribution in [0.5, 0.6) is 0 Å². The van der Waals surface area contributed by atoms with Gasteiger partial charge in [0.1, 0.15) is 0 Å². The molecule has 238 valence electrons. The van der Waals surface area contributed by atoms with Gasteiger partial charge in [0.05, 0.1) is 26.4 Å². The predicted octanol–water partition coefficient (Wildman–Crippen LogP) is 6.28. The van der Waals surface area contributed by atoms with Gasteiger partial charge in [-0.3, -0.25) is 9.69 Å². The quantitative estimate of drug-likeness (QED) is 0.357. The lowest BCUT2D eigenvalue weighted by molar-refractivity contribution is -0.113. The Morgan fingerprint density at radius 3 is 1.37 bits per heavy atom. The molecule has 2 aromatic carbocycles. The smallest absolute Gasteiger partial charge is 0.187 e. The van der Waals surface area contributed by atoms with Crippen LogP contribution in [0.25, 0.3) is 12.2 Å². The molecule has 0 atom stereocenters. The summed E-state index contributed by atoms with van der Waals surface area (Å²) in [4.78, 5) is 21.5. The van der Waals surface area contributed by atoms with Crippen molar-refractivity contribution in [2.24, 2.45) is 0 Å². The summed E-state index contributed by atoms with van der Waals surface area (Å²) in [6.45, 7) is 7.81. The predicted molar refractivity (Wildman–Crippen MR) is 185 cm³/mol. The summed E-state index contributed by atoms with van der Waals surface area (Å²) in [5, 5.41) is 0. The van der Waals surface area contributed by atoms with E-state index < -0.39 is 0 Å².